The van der Waals surface area contributed by atoms with Crippen LogP contribution in [0.25, 0.3) is 0 Å². The summed E-state index contributed by atoms with van der Waals surface area (Å²) in [6.45, 7) is 1.32. The summed E-state index contributed by atoms with van der Waals surface area (Å²) in [6.07, 6.45) is 1.36. The number of pyridine rings is 1. The monoisotopic (exact) mass is 429 g/mol. The molecule has 2 aromatic heterocycles. The Bertz CT molecular complexity index is 1310. The maximum absolute atomic E-state index is 13.2. The summed E-state index contributed by atoms with van der Waals surface area (Å²) in [4.78, 5) is 17.0. The van der Waals surface area contributed by atoms with Gasteiger partial charge in [-0.1, -0.05) is 12.1 Å². The zero-order valence-electron chi connectivity index (χ0n) is 15.7. The fourth-order valence-electron chi connectivity index (χ4n) is 3.28. The first-order chi connectivity index (χ1) is 14.2. The van der Waals surface area contributed by atoms with Crippen LogP contribution in [0.3, 0.4) is 0 Å². The minimum Gasteiger partial charge on any atom is -0.494 e. The second kappa shape index (κ2) is 7.06. The minimum atomic E-state index is -3.90. The molecule has 0 aliphatic heterocycles. The van der Waals surface area contributed by atoms with Crippen LogP contribution in [0.5, 0.6) is 11.8 Å². The van der Waals surface area contributed by atoms with E-state index in [9.17, 15) is 27.8 Å². The number of aromatic hydroxyl groups is 2. The quantitative estimate of drug-likeness (QED) is 0.513. The van der Waals surface area contributed by atoms with Gasteiger partial charge in [-0.2, -0.15) is 4.40 Å². The zero-order valence-corrected chi connectivity index (χ0v) is 16.5. The topological polar surface area (TPSA) is 122 Å². The number of nitrogens with zero attached hydrogens (tertiary/aromatic N) is 3. The van der Waals surface area contributed by atoms with E-state index >= 15 is 0 Å². The first kappa shape index (κ1) is 19.8. The van der Waals surface area contributed by atoms with Gasteiger partial charge >= 0.3 is 0 Å². The molecule has 0 unspecified atom stereocenters. The molecule has 0 saturated heterocycles. The van der Waals surface area contributed by atoms with Crippen molar-refractivity contribution in [2.75, 3.05) is 5.75 Å². The highest BCUT2D eigenvalue weighted by atomic mass is 32.2. The van der Waals surface area contributed by atoms with Gasteiger partial charge in [0.15, 0.2) is 0 Å². The van der Waals surface area contributed by atoms with E-state index in [1.165, 1.54) is 49.5 Å². The van der Waals surface area contributed by atoms with Crippen molar-refractivity contribution in [1.29, 1.82) is 0 Å². The molecule has 2 heterocycles. The molecule has 3 aromatic rings. The standard InChI is InChI=1S/C20H16FN3O5S/c1-2-30(28,29)23-16-13-4-3-9-22-17(13)18(25)15-14(16)19(26)24(20(15)27)10-11-5-7-12(21)8-6-11/h3-9,26-27H,2,10H2,1H3. The summed E-state index contributed by atoms with van der Waals surface area (Å²) in [7, 11) is -3.90. The van der Waals surface area contributed by atoms with Gasteiger partial charge in [0, 0.05) is 11.8 Å². The molecule has 1 aliphatic carbocycles. The Hall–Kier alpha value is -3.53. The van der Waals surface area contributed by atoms with Crippen LogP contribution in [0.4, 0.5) is 4.39 Å². The van der Waals surface area contributed by atoms with Gasteiger partial charge in [-0.25, -0.2) is 12.8 Å². The van der Waals surface area contributed by atoms with E-state index in [2.05, 4.69) is 9.38 Å². The predicted octanol–water partition coefficient (Wildman–Crippen LogP) is 2.21. The van der Waals surface area contributed by atoms with Crippen molar-refractivity contribution in [1.82, 2.24) is 9.55 Å². The van der Waals surface area contributed by atoms with Crippen LogP contribution in [-0.2, 0) is 16.6 Å². The van der Waals surface area contributed by atoms with E-state index in [1.54, 1.807) is 0 Å². The number of aromatic nitrogens is 2. The van der Waals surface area contributed by atoms with Gasteiger partial charge in [0.1, 0.15) is 11.5 Å². The van der Waals surface area contributed by atoms with E-state index in [4.69, 9.17) is 0 Å². The lowest BCUT2D eigenvalue weighted by Gasteiger charge is -2.16. The van der Waals surface area contributed by atoms with E-state index in [0.29, 0.717) is 5.56 Å². The van der Waals surface area contributed by atoms with E-state index in [-0.39, 0.29) is 40.4 Å². The van der Waals surface area contributed by atoms with Crippen molar-refractivity contribution in [3.8, 4) is 11.8 Å². The largest absolute Gasteiger partial charge is 0.494 e. The summed E-state index contributed by atoms with van der Waals surface area (Å²) in [6, 6.07) is 8.35. The molecule has 1 aromatic carbocycles. The van der Waals surface area contributed by atoms with Crippen LogP contribution < -0.4 is 0 Å². The summed E-state index contributed by atoms with van der Waals surface area (Å²) in [5.74, 6) is -2.50. The third-order valence-electron chi connectivity index (χ3n) is 4.80. The Kier molecular flexibility index (Phi) is 4.65. The molecule has 0 atom stereocenters. The zero-order chi connectivity index (χ0) is 21.6. The number of hydrogen-bond acceptors (Lipinski definition) is 6. The second-order valence-corrected chi connectivity index (χ2v) is 8.57. The molecule has 0 saturated carbocycles. The first-order valence-corrected chi connectivity index (χ1v) is 10.6. The van der Waals surface area contributed by atoms with Crippen LogP contribution in [0.15, 0.2) is 47.0 Å². The van der Waals surface area contributed by atoms with Gasteiger partial charge in [0.25, 0.3) is 10.0 Å². The molecular formula is C20H16FN3O5S. The highest BCUT2D eigenvalue weighted by Gasteiger charge is 2.39. The molecule has 10 heteroatoms. The normalized spacial score (nSPS) is 14.6. The van der Waals surface area contributed by atoms with Gasteiger partial charge in [0.05, 0.1) is 29.1 Å². The Labute approximate surface area is 171 Å². The van der Waals surface area contributed by atoms with Crippen LogP contribution in [-0.4, -0.2) is 45.4 Å². The Morgan fingerprint density at radius 1 is 1.10 bits per heavy atom. The number of sulfonamides is 1. The summed E-state index contributed by atoms with van der Waals surface area (Å²) in [5, 5.41) is 21.6. The maximum atomic E-state index is 13.2. The third-order valence-corrected chi connectivity index (χ3v) is 5.99. The lowest BCUT2D eigenvalue weighted by atomic mass is 9.89. The summed E-state index contributed by atoms with van der Waals surface area (Å²) < 4.78 is 42.5. The van der Waals surface area contributed by atoms with Crippen molar-refractivity contribution >= 4 is 21.5 Å². The molecule has 1 aliphatic rings. The van der Waals surface area contributed by atoms with E-state index in [1.807, 2.05) is 0 Å². The SMILES string of the molecule is CCS(=O)(=O)N=C1c2cccnc2C(=O)c2c1c(O)n(Cc1ccc(F)cc1)c2O. The summed E-state index contributed by atoms with van der Waals surface area (Å²) >= 11 is 0. The lowest BCUT2D eigenvalue weighted by molar-refractivity contribution is 0.103. The van der Waals surface area contributed by atoms with Crippen molar-refractivity contribution in [2.24, 2.45) is 4.40 Å². The summed E-state index contributed by atoms with van der Waals surface area (Å²) in [5.41, 5.74) is -0.0362. The van der Waals surface area contributed by atoms with Gasteiger partial charge in [-0.15, -0.1) is 0 Å². The molecule has 0 amide bonds. The average molecular weight is 429 g/mol. The molecule has 0 spiro atoms. The minimum absolute atomic E-state index is 0.0794. The van der Waals surface area contributed by atoms with Crippen LogP contribution in [0.2, 0.25) is 0 Å². The number of ketones is 1. The lowest BCUT2D eigenvalue weighted by Crippen LogP contribution is -2.22. The maximum Gasteiger partial charge on any atom is 0.253 e. The Morgan fingerprint density at radius 2 is 1.77 bits per heavy atom. The third kappa shape index (κ3) is 3.14. The predicted molar refractivity (Wildman–Crippen MR) is 106 cm³/mol. The fourth-order valence-corrected chi connectivity index (χ4v) is 3.88. The van der Waals surface area contributed by atoms with Gasteiger partial charge in [-0.3, -0.25) is 14.3 Å². The van der Waals surface area contributed by atoms with Gasteiger partial charge in [-0.05, 0) is 36.8 Å². The van der Waals surface area contributed by atoms with Crippen molar-refractivity contribution in [2.45, 2.75) is 13.5 Å². The fraction of sp³-hybridized carbons (Fsp3) is 0.150. The first-order valence-electron chi connectivity index (χ1n) is 8.95. The molecule has 0 bridgehead atoms. The number of fused-ring (bicyclic) bond motifs is 2. The van der Waals surface area contributed by atoms with Crippen molar-refractivity contribution < 1.29 is 27.8 Å². The molecule has 30 heavy (non-hydrogen) atoms. The highest BCUT2D eigenvalue weighted by Crippen LogP contribution is 2.41. The van der Waals surface area contributed by atoms with E-state index in [0.717, 1.165) is 4.57 Å². The number of hydrogen-bond donors (Lipinski definition) is 2. The average Bonchev–Trinajstić information content (AvgIpc) is 2.98. The molecule has 0 radical (unpaired) electrons. The van der Waals surface area contributed by atoms with Crippen molar-refractivity contribution in [3.05, 3.63) is 76.4 Å². The van der Waals surface area contributed by atoms with Gasteiger partial charge < -0.3 is 10.2 Å². The molecule has 0 fully saturated rings. The van der Waals surface area contributed by atoms with Gasteiger partial charge in [0.2, 0.25) is 17.5 Å². The van der Waals surface area contributed by atoms with Crippen LogP contribution in [0, 0.1) is 5.82 Å². The smallest absolute Gasteiger partial charge is 0.253 e. The number of carbonyl (C=O) groups is 1. The number of rotatable bonds is 4. The van der Waals surface area contributed by atoms with E-state index < -0.39 is 33.4 Å². The molecule has 8 nitrogen and oxygen atoms in total. The van der Waals surface area contributed by atoms with Crippen LogP contribution >= 0.6 is 0 Å². The Balaban J connectivity index is 1.97. The molecule has 2 N–H and O–H groups in total. The second-order valence-electron chi connectivity index (χ2n) is 6.65. The Morgan fingerprint density at radius 3 is 2.43 bits per heavy atom. The molecular weight excluding hydrogens is 413 g/mol. The van der Waals surface area contributed by atoms with Crippen molar-refractivity contribution in [3.63, 3.8) is 0 Å². The molecule has 154 valence electrons. The number of carbonyl (C=O) groups excluding carboxylic acids is 1. The highest BCUT2D eigenvalue weighted by molar-refractivity contribution is 7.90. The number of benzene rings is 1. The molecule has 4 rings (SSSR count). The number of halogens is 1. The van der Waals surface area contributed by atoms with Crippen LogP contribution in [0.1, 0.15) is 39.7 Å².